The Labute approximate surface area is 398 Å². The molecule has 0 saturated carbocycles. The van der Waals surface area contributed by atoms with Crippen LogP contribution in [0.3, 0.4) is 0 Å². The molecule has 0 spiro atoms. The summed E-state index contributed by atoms with van der Waals surface area (Å²) in [5.74, 6) is 4.12. The molecule has 0 fully saturated rings. The first-order valence-electron chi connectivity index (χ1n) is 27.1. The molecule has 0 amide bonds. The van der Waals surface area contributed by atoms with Gasteiger partial charge in [0.15, 0.2) is 0 Å². The maximum absolute atomic E-state index is 12.4. The van der Waals surface area contributed by atoms with E-state index in [4.69, 9.17) is 0 Å². The van der Waals surface area contributed by atoms with E-state index in [2.05, 4.69) is 100 Å². The molecule has 2 aromatic rings. The zero-order valence-corrected chi connectivity index (χ0v) is 43.4. The zero-order chi connectivity index (χ0) is 45.4. The van der Waals surface area contributed by atoms with Crippen molar-refractivity contribution in [3.8, 4) is 0 Å². The second-order valence-corrected chi connectivity index (χ2v) is 19.9. The molecule has 1 heterocycles. The predicted octanol–water partition coefficient (Wildman–Crippen LogP) is 21.0. The van der Waals surface area contributed by atoms with Crippen LogP contribution < -0.4 is 0 Å². The van der Waals surface area contributed by atoms with E-state index in [9.17, 15) is 5.53 Å². The fourth-order valence-electron chi connectivity index (χ4n) is 9.34. The van der Waals surface area contributed by atoms with E-state index in [0.717, 1.165) is 54.6 Å². The van der Waals surface area contributed by atoms with Crippen LogP contribution in [0, 0.1) is 0 Å². The summed E-state index contributed by atoms with van der Waals surface area (Å²) in [7, 11) is 0. The topological polar surface area (TPSA) is 25.3 Å². The van der Waals surface area contributed by atoms with Gasteiger partial charge in [-0.1, -0.05) is 244 Å². The normalized spacial score (nSPS) is 13.0. The molecule has 0 aliphatic carbocycles. The molecule has 2 nitrogen and oxygen atoms in total. The predicted molar refractivity (Wildman–Crippen MR) is 278 cm³/mol. The molecule has 63 heavy (non-hydrogen) atoms. The summed E-state index contributed by atoms with van der Waals surface area (Å²) < 4.78 is 1.59. The summed E-state index contributed by atoms with van der Waals surface area (Å²) in [4.78, 5) is 0. The van der Waals surface area contributed by atoms with Crippen LogP contribution in [0.25, 0.3) is 16.9 Å². The van der Waals surface area contributed by atoms with E-state index in [-0.39, 0.29) is 0 Å². The number of aryl methyl sites for hydroxylation is 2. The summed E-state index contributed by atoms with van der Waals surface area (Å²) in [5.41, 5.74) is 22.0. The average molecular weight is 908 g/mol. The van der Waals surface area contributed by atoms with Crippen molar-refractivity contribution in [1.82, 2.24) is 0 Å². The summed E-state index contributed by atoms with van der Waals surface area (Å²) in [5, 5.41) is 0. The van der Waals surface area contributed by atoms with Crippen molar-refractivity contribution in [2.45, 2.75) is 271 Å². The molecule has 360 valence electrons. The molecule has 1 aliphatic heterocycles. The van der Waals surface area contributed by atoms with Crippen molar-refractivity contribution in [2.75, 3.05) is 0 Å². The van der Waals surface area contributed by atoms with Gasteiger partial charge in [0, 0.05) is 16.7 Å². The van der Waals surface area contributed by atoms with Gasteiger partial charge in [0.25, 0.3) is 0 Å². The van der Waals surface area contributed by atoms with Crippen molar-refractivity contribution >= 4 is 11.4 Å². The van der Waals surface area contributed by atoms with Crippen LogP contribution in [-0.4, -0.2) is 4.70 Å². The summed E-state index contributed by atoms with van der Waals surface area (Å²) in [6.45, 7) is 9.19. The molecule has 3 rings (SSSR count). The van der Waals surface area contributed by atoms with Gasteiger partial charge in [0.05, 0.1) is 5.57 Å². The summed E-state index contributed by atoms with van der Waals surface area (Å²) >= 11 is 1.62. The third-order valence-corrected chi connectivity index (χ3v) is 13.1. The van der Waals surface area contributed by atoms with E-state index in [1.54, 1.807) is 19.1 Å². The quantitative estimate of drug-likeness (QED) is 0.0363. The average Bonchev–Trinajstić information content (AvgIpc) is 3.57. The van der Waals surface area contributed by atoms with Gasteiger partial charge in [-0.25, -0.2) is 4.70 Å². The number of unbranched alkanes of at least 4 members (excludes halogenated alkanes) is 29. The number of hydrogen-bond donors (Lipinski definition) is 0. The molecule has 0 bridgehead atoms. The minimum absolute atomic E-state index is 0.973. The summed E-state index contributed by atoms with van der Waals surface area (Å²) in [6.07, 6.45) is 52.3. The Kier molecular flexibility index (Phi) is 36.2. The molecule has 0 N–H and O–H groups in total. The number of benzene rings is 2. The first-order chi connectivity index (χ1) is 31.1. The zero-order valence-electron chi connectivity index (χ0n) is 42.4. The molecule has 3 heteroatoms. The second kappa shape index (κ2) is 40.1. The van der Waals surface area contributed by atoms with Crippen molar-refractivity contribution in [3.05, 3.63) is 99.6 Å². The van der Waals surface area contributed by atoms with E-state index >= 15 is 0 Å². The van der Waals surface area contributed by atoms with Crippen LogP contribution in [0.15, 0.2) is 71.8 Å². The van der Waals surface area contributed by atoms with E-state index in [1.807, 2.05) is 0 Å². The van der Waals surface area contributed by atoms with Crippen LogP contribution in [-0.2, 0) is 27.3 Å². The number of hydrogen-bond acceptors (Lipinski definition) is 0. The van der Waals surface area contributed by atoms with Crippen LogP contribution in [0.1, 0.15) is 268 Å². The Morgan fingerprint density at radius 3 is 1.17 bits per heavy atom. The number of rotatable bonds is 39. The van der Waals surface area contributed by atoms with E-state index in [1.165, 1.54) is 221 Å². The van der Waals surface area contributed by atoms with Gasteiger partial charge >= 0.3 is 26.2 Å². The standard InChI is InChI=1S/C58H94N2.2CH3.Ni/c1-5-9-13-16-19-20-21-22-23-24-25-26-27-28-29-30-31-34-38-48-56-55(47-35-12-8-4)57(53-45-39-43-51(49-53)41-36-32-17-14-10-6-2)60(59)58(56)54-46-40-44-52(50-54)42-37-33-18-15-11-7-3;;;/h38-40,43-46,48-50H,5-37,41-42,47H2,1-4H3;2*1H3;. The molecule has 0 saturated heterocycles. The third kappa shape index (κ3) is 25.9. The molecule has 0 unspecified atom stereocenters. The van der Waals surface area contributed by atoms with Gasteiger partial charge in [0.1, 0.15) is 0 Å². The van der Waals surface area contributed by atoms with Crippen LogP contribution in [0.4, 0.5) is 0 Å². The number of nitrogens with zero attached hydrogens (tertiary/aromatic N) is 2. The summed E-state index contributed by atoms with van der Waals surface area (Å²) in [6, 6.07) is 18.2. The Balaban J connectivity index is 0.00000442. The monoisotopic (exact) mass is 907 g/mol. The molecule has 0 radical (unpaired) electrons. The first-order valence-corrected chi connectivity index (χ1v) is 29.1. The molecule has 1 aliphatic rings. The van der Waals surface area contributed by atoms with Crippen molar-refractivity contribution in [3.63, 3.8) is 0 Å². The molecular formula is C60H100N2Ni. The van der Waals surface area contributed by atoms with Gasteiger partial charge in [-0.2, -0.15) is 0 Å². The van der Waals surface area contributed by atoms with Crippen molar-refractivity contribution in [2.24, 2.45) is 0 Å². The van der Waals surface area contributed by atoms with Crippen LogP contribution in [0.2, 0.25) is 11.8 Å². The Morgan fingerprint density at radius 2 is 0.762 bits per heavy atom. The second-order valence-electron chi connectivity index (χ2n) is 19.0. The maximum atomic E-state index is 12.4. The number of allylic oxidation sites excluding steroid dienone is 4. The van der Waals surface area contributed by atoms with Gasteiger partial charge in [-0.05, 0) is 86.8 Å². The third-order valence-electron chi connectivity index (χ3n) is 13.1. The fourth-order valence-corrected chi connectivity index (χ4v) is 9.34. The SMILES string of the molecule is CCCCCCCCCCCCCCCCCCCC=CC1=C(c2cccc(CCCCCCCC)c2)[N+](=[N-])C(c2cccc(CCCCCCCC)c2)=C1CCCCC.[CH3][Ni][CH3]. The molecule has 0 aromatic heterocycles. The minimum atomic E-state index is 0.973. The van der Waals surface area contributed by atoms with Gasteiger partial charge < -0.3 is 5.53 Å². The van der Waals surface area contributed by atoms with Crippen LogP contribution >= 0.6 is 0 Å². The van der Waals surface area contributed by atoms with Gasteiger partial charge in [0.2, 0.25) is 11.4 Å². The molecule has 0 atom stereocenters. The fraction of sp³-hybridized carbons (Fsp3) is 0.700. The Morgan fingerprint density at radius 1 is 0.429 bits per heavy atom. The molecule has 2 aromatic carbocycles. The first kappa shape index (κ1) is 56.9. The van der Waals surface area contributed by atoms with Gasteiger partial charge in [-0.3, -0.25) is 0 Å². The van der Waals surface area contributed by atoms with E-state index < -0.39 is 0 Å². The Bertz CT molecular complexity index is 1510. The Hall–Kier alpha value is -2.25. The van der Waals surface area contributed by atoms with E-state index in [0.29, 0.717) is 0 Å². The van der Waals surface area contributed by atoms with Crippen molar-refractivity contribution < 1.29 is 19.1 Å². The van der Waals surface area contributed by atoms with Crippen molar-refractivity contribution in [1.29, 1.82) is 0 Å². The van der Waals surface area contributed by atoms with Gasteiger partial charge in [-0.15, -0.1) is 0 Å². The molecular weight excluding hydrogens is 807 g/mol. The van der Waals surface area contributed by atoms with Crippen LogP contribution in [0.5, 0.6) is 0 Å².